The van der Waals surface area contributed by atoms with Crippen molar-refractivity contribution in [3.05, 3.63) is 29.8 Å². The van der Waals surface area contributed by atoms with Gasteiger partial charge in [0.05, 0.1) is 5.75 Å². The number of nitrogens with zero attached hydrogens (tertiary/aromatic N) is 1. The zero-order valence-corrected chi connectivity index (χ0v) is 13.3. The van der Waals surface area contributed by atoms with Gasteiger partial charge in [-0.05, 0) is 38.3 Å². The Morgan fingerprint density at radius 1 is 1.29 bits per heavy atom. The molecule has 1 N–H and O–H groups in total. The van der Waals surface area contributed by atoms with Gasteiger partial charge < -0.3 is 5.32 Å². The Labute approximate surface area is 126 Å². The molecule has 0 atom stereocenters. The predicted molar refractivity (Wildman–Crippen MR) is 83.6 cm³/mol. The van der Waals surface area contributed by atoms with E-state index in [-0.39, 0.29) is 17.6 Å². The number of nitrogens with one attached hydrogen (secondary N) is 1. The third-order valence-corrected chi connectivity index (χ3v) is 5.87. The summed E-state index contributed by atoms with van der Waals surface area (Å²) in [5.74, 6) is -0.0154. The van der Waals surface area contributed by atoms with Crippen molar-refractivity contribution in [2.24, 2.45) is 5.92 Å². The molecule has 0 radical (unpaired) electrons. The first-order valence-electron chi connectivity index (χ1n) is 7.28. The van der Waals surface area contributed by atoms with Crippen molar-refractivity contribution >= 4 is 21.6 Å². The normalized spacial score (nSPS) is 17.6. The Hall–Kier alpha value is -1.40. The summed E-state index contributed by atoms with van der Waals surface area (Å²) in [6.07, 6.45) is 1.16. The zero-order chi connectivity index (χ0) is 15.5. The average Bonchev–Trinajstić information content (AvgIpc) is 2.49. The summed E-state index contributed by atoms with van der Waals surface area (Å²) in [6, 6.07) is 7.65. The molecule has 21 heavy (non-hydrogen) atoms. The third-order valence-electron chi connectivity index (χ3n) is 3.99. The second-order valence-electron chi connectivity index (χ2n) is 5.38. The van der Waals surface area contributed by atoms with E-state index in [1.165, 1.54) is 4.31 Å². The number of carbonyl (C=O) groups is 1. The molecule has 0 unspecified atom stereocenters. The minimum atomic E-state index is -3.13. The van der Waals surface area contributed by atoms with Gasteiger partial charge in [-0.3, -0.25) is 4.79 Å². The predicted octanol–water partition coefficient (Wildman–Crippen LogP) is 2.00. The maximum Gasteiger partial charge on any atom is 0.227 e. The molecule has 1 fully saturated rings. The molecular weight excluding hydrogens is 288 g/mol. The van der Waals surface area contributed by atoms with Crippen molar-refractivity contribution in [1.82, 2.24) is 4.31 Å². The highest BCUT2D eigenvalue weighted by Gasteiger charge is 2.30. The van der Waals surface area contributed by atoms with Crippen molar-refractivity contribution in [1.29, 1.82) is 0 Å². The molecule has 1 aliphatic heterocycles. The summed E-state index contributed by atoms with van der Waals surface area (Å²) in [6.45, 7) is 4.46. The van der Waals surface area contributed by atoms with E-state index in [4.69, 9.17) is 0 Å². The standard InChI is InChI=1S/C15H22N2O3S/c1-3-21(19,20)17-10-8-13(9-11-17)15(18)16-14-7-5-4-6-12(14)2/h4-7,13H,3,8-11H2,1-2H3,(H,16,18). The molecule has 0 spiro atoms. The first kappa shape index (κ1) is 16.0. The van der Waals surface area contributed by atoms with Gasteiger partial charge in [-0.1, -0.05) is 18.2 Å². The van der Waals surface area contributed by atoms with Crippen LogP contribution in [-0.4, -0.2) is 37.5 Å². The number of hydrogen-bond acceptors (Lipinski definition) is 3. The third kappa shape index (κ3) is 3.83. The molecule has 0 bridgehead atoms. The fourth-order valence-corrected chi connectivity index (χ4v) is 3.66. The minimum absolute atomic E-state index is 0.0159. The van der Waals surface area contributed by atoms with Crippen LogP contribution in [0.5, 0.6) is 0 Å². The van der Waals surface area contributed by atoms with Gasteiger partial charge in [-0.15, -0.1) is 0 Å². The van der Waals surface area contributed by atoms with Crippen LogP contribution >= 0.6 is 0 Å². The number of amides is 1. The lowest BCUT2D eigenvalue weighted by Gasteiger charge is -2.30. The highest BCUT2D eigenvalue weighted by molar-refractivity contribution is 7.89. The van der Waals surface area contributed by atoms with Crippen molar-refractivity contribution in [2.45, 2.75) is 26.7 Å². The maximum absolute atomic E-state index is 12.3. The molecule has 116 valence electrons. The lowest BCUT2D eigenvalue weighted by atomic mass is 9.97. The van der Waals surface area contributed by atoms with Gasteiger partial charge in [0.15, 0.2) is 0 Å². The van der Waals surface area contributed by atoms with Crippen LogP contribution in [0.3, 0.4) is 0 Å². The van der Waals surface area contributed by atoms with Crippen molar-refractivity contribution in [3.8, 4) is 0 Å². The lowest BCUT2D eigenvalue weighted by Crippen LogP contribution is -2.42. The van der Waals surface area contributed by atoms with Gasteiger partial charge in [0.1, 0.15) is 0 Å². The van der Waals surface area contributed by atoms with Crippen molar-refractivity contribution in [2.75, 3.05) is 24.2 Å². The number of carbonyl (C=O) groups excluding carboxylic acids is 1. The first-order chi connectivity index (χ1) is 9.94. The second-order valence-corrected chi connectivity index (χ2v) is 7.64. The Morgan fingerprint density at radius 3 is 2.48 bits per heavy atom. The van der Waals surface area contributed by atoms with Gasteiger partial charge in [0.25, 0.3) is 0 Å². The van der Waals surface area contributed by atoms with Crippen LogP contribution in [-0.2, 0) is 14.8 Å². The molecule has 0 aromatic heterocycles. The van der Waals surface area contributed by atoms with E-state index in [1.54, 1.807) is 6.92 Å². The monoisotopic (exact) mass is 310 g/mol. The molecule has 0 saturated carbocycles. The number of hydrogen-bond donors (Lipinski definition) is 1. The van der Waals surface area contributed by atoms with Crippen LogP contribution in [0, 0.1) is 12.8 Å². The van der Waals surface area contributed by atoms with Crippen LogP contribution in [0.2, 0.25) is 0 Å². The fraction of sp³-hybridized carbons (Fsp3) is 0.533. The number of benzene rings is 1. The summed E-state index contributed by atoms with van der Waals surface area (Å²) < 4.78 is 25.1. The molecule has 1 amide bonds. The number of aryl methyl sites for hydroxylation is 1. The van der Waals surface area contributed by atoms with Gasteiger partial charge in [0.2, 0.25) is 15.9 Å². The summed E-state index contributed by atoms with van der Waals surface area (Å²) >= 11 is 0. The van der Waals surface area contributed by atoms with Gasteiger partial charge >= 0.3 is 0 Å². The highest BCUT2D eigenvalue weighted by Crippen LogP contribution is 2.22. The smallest absolute Gasteiger partial charge is 0.227 e. The van der Waals surface area contributed by atoms with E-state index in [0.29, 0.717) is 25.9 Å². The molecule has 0 aliphatic carbocycles. The van der Waals surface area contributed by atoms with Gasteiger partial charge in [0, 0.05) is 24.7 Å². The minimum Gasteiger partial charge on any atom is -0.326 e. The first-order valence-corrected chi connectivity index (χ1v) is 8.89. The van der Waals surface area contributed by atoms with E-state index < -0.39 is 10.0 Å². The Kier molecular flexibility index (Phi) is 5.00. The summed E-state index contributed by atoms with van der Waals surface area (Å²) in [4.78, 5) is 12.3. The molecule has 2 rings (SSSR count). The van der Waals surface area contributed by atoms with E-state index >= 15 is 0 Å². The maximum atomic E-state index is 12.3. The number of piperidine rings is 1. The topological polar surface area (TPSA) is 66.5 Å². The number of rotatable bonds is 4. The Balaban J connectivity index is 1.94. The highest BCUT2D eigenvalue weighted by atomic mass is 32.2. The van der Waals surface area contributed by atoms with Crippen LogP contribution < -0.4 is 5.32 Å². The summed E-state index contributed by atoms with van der Waals surface area (Å²) in [5, 5.41) is 2.94. The van der Waals surface area contributed by atoms with E-state index in [9.17, 15) is 13.2 Å². The van der Waals surface area contributed by atoms with E-state index in [0.717, 1.165) is 11.3 Å². The number of anilines is 1. The molecule has 5 nitrogen and oxygen atoms in total. The Morgan fingerprint density at radius 2 is 1.90 bits per heavy atom. The van der Waals surface area contributed by atoms with Crippen LogP contribution in [0.25, 0.3) is 0 Å². The lowest BCUT2D eigenvalue weighted by molar-refractivity contribution is -0.120. The second kappa shape index (κ2) is 6.58. The van der Waals surface area contributed by atoms with E-state index in [1.807, 2.05) is 31.2 Å². The average molecular weight is 310 g/mol. The van der Waals surface area contributed by atoms with Crippen molar-refractivity contribution < 1.29 is 13.2 Å². The number of sulfonamides is 1. The molecule has 1 aromatic carbocycles. The van der Waals surface area contributed by atoms with Crippen LogP contribution in [0.4, 0.5) is 5.69 Å². The van der Waals surface area contributed by atoms with Crippen LogP contribution in [0.1, 0.15) is 25.3 Å². The van der Waals surface area contributed by atoms with Gasteiger partial charge in [-0.25, -0.2) is 12.7 Å². The fourth-order valence-electron chi connectivity index (χ4n) is 2.53. The summed E-state index contributed by atoms with van der Waals surface area (Å²) in [5.41, 5.74) is 1.85. The molecule has 6 heteroatoms. The molecule has 1 aliphatic rings. The van der Waals surface area contributed by atoms with E-state index in [2.05, 4.69) is 5.32 Å². The molecule has 1 aromatic rings. The molecule has 1 heterocycles. The zero-order valence-electron chi connectivity index (χ0n) is 12.5. The summed E-state index contributed by atoms with van der Waals surface area (Å²) in [7, 11) is -3.13. The quantitative estimate of drug-likeness (QED) is 0.925. The van der Waals surface area contributed by atoms with Gasteiger partial charge in [-0.2, -0.15) is 0 Å². The largest absolute Gasteiger partial charge is 0.326 e. The SMILES string of the molecule is CCS(=O)(=O)N1CCC(C(=O)Nc2ccccc2C)CC1. The number of para-hydroxylation sites is 1. The molecular formula is C15H22N2O3S. The van der Waals surface area contributed by atoms with Crippen molar-refractivity contribution in [3.63, 3.8) is 0 Å². The molecule has 1 saturated heterocycles. The Bertz CT molecular complexity index is 605. The van der Waals surface area contributed by atoms with Crippen LogP contribution in [0.15, 0.2) is 24.3 Å².